The smallest absolute Gasteiger partial charge is 0.135 e. The SMILES string of the molecule is Cc1nn(C)c(Cl)c1CCCC(=O)C(C)C. The van der Waals surface area contributed by atoms with Gasteiger partial charge in [0.15, 0.2) is 0 Å². The Morgan fingerprint density at radius 3 is 2.56 bits per heavy atom. The molecule has 0 saturated heterocycles. The van der Waals surface area contributed by atoms with Gasteiger partial charge < -0.3 is 0 Å². The molecular weight excluding hydrogens is 224 g/mol. The minimum atomic E-state index is 0.130. The molecule has 1 aromatic heterocycles. The average molecular weight is 243 g/mol. The molecule has 0 bridgehead atoms. The molecule has 0 atom stereocenters. The van der Waals surface area contributed by atoms with Crippen LogP contribution in [0.4, 0.5) is 0 Å². The van der Waals surface area contributed by atoms with E-state index in [0.717, 1.165) is 24.1 Å². The third kappa shape index (κ3) is 3.08. The normalized spacial score (nSPS) is 11.1. The highest BCUT2D eigenvalue weighted by Gasteiger charge is 2.12. The maximum atomic E-state index is 11.5. The average Bonchev–Trinajstić information content (AvgIpc) is 2.44. The molecule has 0 aliphatic carbocycles. The van der Waals surface area contributed by atoms with E-state index in [9.17, 15) is 4.79 Å². The molecule has 90 valence electrons. The van der Waals surface area contributed by atoms with Gasteiger partial charge in [0, 0.05) is 24.9 Å². The molecule has 0 aliphatic rings. The number of ketones is 1. The van der Waals surface area contributed by atoms with E-state index in [1.165, 1.54) is 0 Å². The van der Waals surface area contributed by atoms with E-state index in [0.29, 0.717) is 17.4 Å². The fraction of sp³-hybridized carbons (Fsp3) is 0.667. The summed E-state index contributed by atoms with van der Waals surface area (Å²) in [6.45, 7) is 5.82. The van der Waals surface area contributed by atoms with E-state index < -0.39 is 0 Å². The number of nitrogens with zero attached hydrogens (tertiary/aromatic N) is 2. The Morgan fingerprint density at radius 1 is 1.50 bits per heavy atom. The topological polar surface area (TPSA) is 34.9 Å². The van der Waals surface area contributed by atoms with Crippen molar-refractivity contribution in [3.05, 3.63) is 16.4 Å². The predicted molar refractivity (Wildman–Crippen MR) is 65.7 cm³/mol. The molecule has 0 unspecified atom stereocenters. The maximum Gasteiger partial charge on any atom is 0.135 e. The molecule has 0 radical (unpaired) electrons. The van der Waals surface area contributed by atoms with E-state index >= 15 is 0 Å². The first-order valence-electron chi connectivity index (χ1n) is 5.64. The van der Waals surface area contributed by atoms with Gasteiger partial charge in [0.25, 0.3) is 0 Å². The monoisotopic (exact) mass is 242 g/mol. The summed E-state index contributed by atoms with van der Waals surface area (Å²) in [6, 6.07) is 0. The molecule has 0 N–H and O–H groups in total. The van der Waals surface area contributed by atoms with Crippen LogP contribution in [0, 0.1) is 12.8 Å². The molecule has 1 aromatic rings. The molecule has 0 aromatic carbocycles. The molecule has 0 fully saturated rings. The Morgan fingerprint density at radius 2 is 2.12 bits per heavy atom. The molecule has 0 aliphatic heterocycles. The third-order valence-corrected chi connectivity index (χ3v) is 3.24. The number of halogens is 1. The van der Waals surface area contributed by atoms with Gasteiger partial charge in [-0.05, 0) is 19.8 Å². The molecule has 16 heavy (non-hydrogen) atoms. The van der Waals surface area contributed by atoms with Crippen molar-refractivity contribution < 1.29 is 4.79 Å². The summed E-state index contributed by atoms with van der Waals surface area (Å²) >= 11 is 6.11. The van der Waals surface area contributed by atoms with Gasteiger partial charge in [0.05, 0.1) is 5.69 Å². The lowest BCUT2D eigenvalue weighted by Gasteiger charge is -2.03. The maximum absolute atomic E-state index is 11.5. The fourth-order valence-corrected chi connectivity index (χ4v) is 1.96. The molecule has 1 rings (SSSR count). The van der Waals surface area contributed by atoms with E-state index in [2.05, 4.69) is 5.10 Å². The Labute approximate surface area is 102 Å². The quantitative estimate of drug-likeness (QED) is 0.796. The van der Waals surface area contributed by atoms with Gasteiger partial charge in [0.2, 0.25) is 0 Å². The van der Waals surface area contributed by atoms with Gasteiger partial charge >= 0.3 is 0 Å². The van der Waals surface area contributed by atoms with Crippen LogP contribution in [0.5, 0.6) is 0 Å². The van der Waals surface area contributed by atoms with Crippen LogP contribution in [0.2, 0.25) is 5.15 Å². The number of aryl methyl sites for hydroxylation is 2. The van der Waals surface area contributed by atoms with Crippen molar-refractivity contribution in [1.29, 1.82) is 0 Å². The molecule has 3 nitrogen and oxygen atoms in total. The number of Topliss-reactive ketones (excluding diaryl/α,β-unsaturated/α-hetero) is 1. The van der Waals surface area contributed by atoms with Crippen molar-refractivity contribution in [3.63, 3.8) is 0 Å². The molecule has 0 amide bonds. The van der Waals surface area contributed by atoms with Gasteiger partial charge in [-0.2, -0.15) is 5.10 Å². The molecule has 1 heterocycles. The third-order valence-electron chi connectivity index (χ3n) is 2.76. The number of carbonyl (C=O) groups is 1. The van der Waals surface area contributed by atoms with Gasteiger partial charge in [-0.25, -0.2) is 0 Å². The number of hydrogen-bond donors (Lipinski definition) is 0. The minimum absolute atomic E-state index is 0.130. The van der Waals surface area contributed by atoms with Crippen LogP contribution in [0.3, 0.4) is 0 Å². The van der Waals surface area contributed by atoms with Crippen molar-refractivity contribution in [3.8, 4) is 0 Å². The van der Waals surface area contributed by atoms with E-state index in [1.54, 1.807) is 4.68 Å². The second kappa shape index (κ2) is 5.48. The number of carbonyl (C=O) groups excluding carboxylic acids is 1. The first-order chi connectivity index (χ1) is 7.43. The Balaban J connectivity index is 2.52. The Hall–Kier alpha value is -0.830. The van der Waals surface area contributed by atoms with Crippen molar-refractivity contribution in [1.82, 2.24) is 9.78 Å². The largest absolute Gasteiger partial charge is 0.299 e. The zero-order valence-corrected chi connectivity index (χ0v) is 11.1. The Bertz CT molecular complexity index is 383. The zero-order valence-electron chi connectivity index (χ0n) is 10.4. The number of rotatable bonds is 5. The lowest BCUT2D eigenvalue weighted by molar-refractivity contribution is -0.121. The summed E-state index contributed by atoms with van der Waals surface area (Å²) < 4.78 is 1.68. The highest BCUT2D eigenvalue weighted by atomic mass is 35.5. The molecule has 0 spiro atoms. The summed E-state index contributed by atoms with van der Waals surface area (Å²) in [5.74, 6) is 0.447. The van der Waals surface area contributed by atoms with Crippen LogP contribution in [-0.4, -0.2) is 15.6 Å². The van der Waals surface area contributed by atoms with Gasteiger partial charge in [-0.15, -0.1) is 0 Å². The van der Waals surface area contributed by atoms with Gasteiger partial charge in [0.1, 0.15) is 10.9 Å². The zero-order chi connectivity index (χ0) is 12.3. The van der Waals surface area contributed by atoms with Crippen LogP contribution >= 0.6 is 11.6 Å². The van der Waals surface area contributed by atoms with E-state index in [-0.39, 0.29) is 5.92 Å². The van der Waals surface area contributed by atoms with Crippen LogP contribution in [0.25, 0.3) is 0 Å². The lowest BCUT2D eigenvalue weighted by Crippen LogP contribution is -2.06. The summed E-state index contributed by atoms with van der Waals surface area (Å²) in [5.41, 5.74) is 2.03. The first kappa shape index (κ1) is 13.2. The molecule has 4 heteroatoms. The summed E-state index contributed by atoms with van der Waals surface area (Å²) in [6.07, 6.45) is 2.31. The Kier molecular flexibility index (Phi) is 4.54. The van der Waals surface area contributed by atoms with Crippen LogP contribution in [-0.2, 0) is 18.3 Å². The predicted octanol–water partition coefficient (Wildman–Crippen LogP) is 2.93. The van der Waals surface area contributed by atoms with Crippen LogP contribution < -0.4 is 0 Å². The highest BCUT2D eigenvalue weighted by Crippen LogP contribution is 2.21. The van der Waals surface area contributed by atoms with Crippen molar-refractivity contribution in [2.45, 2.75) is 40.0 Å². The lowest BCUT2D eigenvalue weighted by atomic mass is 10.0. The summed E-state index contributed by atoms with van der Waals surface area (Å²) in [7, 11) is 1.83. The fourth-order valence-electron chi connectivity index (χ4n) is 1.69. The van der Waals surface area contributed by atoms with E-state index in [1.807, 2.05) is 27.8 Å². The second-order valence-corrected chi connectivity index (χ2v) is 4.81. The molecular formula is C12H19ClN2O. The standard InChI is InChI=1S/C12H19ClN2O/c1-8(2)11(16)7-5-6-10-9(3)14-15(4)12(10)13/h8H,5-7H2,1-4H3. The van der Waals surface area contributed by atoms with Crippen LogP contribution in [0.15, 0.2) is 0 Å². The minimum Gasteiger partial charge on any atom is -0.299 e. The van der Waals surface area contributed by atoms with Crippen molar-refractivity contribution in [2.75, 3.05) is 0 Å². The van der Waals surface area contributed by atoms with Crippen LogP contribution in [0.1, 0.15) is 37.9 Å². The second-order valence-electron chi connectivity index (χ2n) is 4.45. The first-order valence-corrected chi connectivity index (χ1v) is 6.02. The summed E-state index contributed by atoms with van der Waals surface area (Å²) in [4.78, 5) is 11.5. The molecule has 0 saturated carbocycles. The van der Waals surface area contributed by atoms with Crippen molar-refractivity contribution >= 4 is 17.4 Å². The van der Waals surface area contributed by atoms with Crippen molar-refractivity contribution in [2.24, 2.45) is 13.0 Å². The highest BCUT2D eigenvalue weighted by molar-refractivity contribution is 6.30. The summed E-state index contributed by atoms with van der Waals surface area (Å²) in [5, 5.41) is 4.93. The number of aromatic nitrogens is 2. The van der Waals surface area contributed by atoms with Gasteiger partial charge in [-0.1, -0.05) is 25.4 Å². The van der Waals surface area contributed by atoms with Gasteiger partial charge in [-0.3, -0.25) is 9.48 Å². The number of hydrogen-bond acceptors (Lipinski definition) is 2. The van der Waals surface area contributed by atoms with E-state index in [4.69, 9.17) is 11.6 Å².